The Hall–Kier alpha value is 0.720. The molecule has 4 nitrogen and oxygen atoms in total. The van der Waals surface area contributed by atoms with Gasteiger partial charge in [-0.3, -0.25) is 0 Å². The van der Waals surface area contributed by atoms with Gasteiger partial charge in [-0.2, -0.15) is 0 Å². The second-order valence-electron chi connectivity index (χ2n) is 1.44. The predicted octanol–water partition coefficient (Wildman–Crippen LogP) is -0.170. The largest absolute Gasteiger partial charge is 0.344 e. The molecule has 0 heterocycles. The Kier molecular flexibility index (Phi) is 18.1. The highest BCUT2D eigenvalue weighted by Gasteiger charge is 1.97. The molecule has 0 aliphatic heterocycles. The Morgan fingerprint density at radius 2 is 1.17 bits per heavy atom. The Morgan fingerprint density at radius 1 is 0.917 bits per heavy atom. The summed E-state index contributed by atoms with van der Waals surface area (Å²) in [6.45, 7) is 0. The highest BCUT2D eigenvalue weighted by Crippen LogP contribution is 2.04. The van der Waals surface area contributed by atoms with Crippen LogP contribution < -0.4 is 23.8 Å². The molecule has 0 saturated heterocycles. The Bertz CT molecular complexity index is 123. The Morgan fingerprint density at radius 3 is 1.33 bits per heavy atom. The third-order valence-electron chi connectivity index (χ3n) is 0.609. The minimum atomic E-state index is 0. The molecule has 0 atom stereocenters. The minimum Gasteiger partial charge on any atom is -0.344 e. The van der Waals surface area contributed by atoms with Crippen LogP contribution in [0.2, 0.25) is 0 Å². The van der Waals surface area contributed by atoms with Crippen molar-refractivity contribution in [3.05, 3.63) is 0 Å². The zero-order valence-electron chi connectivity index (χ0n) is 6.88. The van der Waals surface area contributed by atoms with E-state index in [2.05, 4.69) is 11.5 Å². The van der Waals surface area contributed by atoms with Crippen molar-refractivity contribution in [1.82, 2.24) is 12.3 Å². The standard InChI is InChI=1S/C4H8N2S4.2H3N/c5-3(7)9-1-2-10-4(6)8;;/h1-2H2,(H2,5,7)(H2,6,8);2*1H3/p+2. The van der Waals surface area contributed by atoms with E-state index in [0.717, 1.165) is 20.1 Å². The summed E-state index contributed by atoms with van der Waals surface area (Å²) in [7, 11) is 0. The van der Waals surface area contributed by atoms with E-state index in [4.69, 9.17) is 24.4 Å². The molecule has 12 N–H and O–H groups in total. The lowest BCUT2D eigenvalue weighted by atomic mass is 11.0. The summed E-state index contributed by atoms with van der Waals surface area (Å²) in [6.07, 6.45) is 0. The number of thioether (sulfide) groups is 2. The maximum atomic E-state index is 4.77. The van der Waals surface area contributed by atoms with Crippen molar-refractivity contribution in [3.8, 4) is 0 Å². The van der Waals surface area contributed by atoms with Crippen LogP contribution in [-0.4, -0.2) is 20.1 Å². The third-order valence-corrected chi connectivity index (χ3v) is 3.04. The minimum absolute atomic E-state index is 0. The maximum absolute atomic E-state index is 4.77. The molecule has 0 bridgehead atoms. The van der Waals surface area contributed by atoms with Gasteiger partial charge < -0.3 is 23.8 Å². The summed E-state index contributed by atoms with van der Waals surface area (Å²) in [5, 5.41) is 0. The van der Waals surface area contributed by atoms with Gasteiger partial charge in [-0.1, -0.05) is 23.5 Å². The number of thiocarbonyl (C=S) groups is 2. The van der Waals surface area contributed by atoms with E-state index in [1.165, 1.54) is 0 Å². The van der Waals surface area contributed by atoms with Crippen LogP contribution in [0.4, 0.5) is 0 Å². The molecule has 0 fully saturated rings. The molecule has 0 aromatic rings. The topological polar surface area (TPSA) is 125 Å². The molecule has 0 aliphatic rings. The molecule has 74 valence electrons. The molecule has 0 aromatic carbocycles. The molecular formula is C4H16N4S4+2. The number of hydrogen-bond acceptors (Lipinski definition) is 6. The summed E-state index contributed by atoms with van der Waals surface area (Å²) in [4.78, 5) is 0. The fourth-order valence-electron chi connectivity index (χ4n) is 0.311. The summed E-state index contributed by atoms with van der Waals surface area (Å²) in [5.41, 5.74) is 7.18. The van der Waals surface area contributed by atoms with Gasteiger partial charge >= 0.3 is 0 Å². The fourth-order valence-corrected chi connectivity index (χ4v) is 1.93. The summed E-state index contributed by atoms with van der Waals surface area (Å²) in [6, 6.07) is 0. The lowest BCUT2D eigenvalue weighted by Gasteiger charge is -1.92. The predicted molar refractivity (Wildman–Crippen MR) is 65.9 cm³/mol. The van der Waals surface area contributed by atoms with Gasteiger partial charge in [0.15, 0.2) is 0 Å². The molecule has 0 radical (unpaired) electrons. The second kappa shape index (κ2) is 11.7. The molecule has 12 heavy (non-hydrogen) atoms. The van der Waals surface area contributed by atoms with Crippen molar-refractivity contribution < 1.29 is 11.5 Å². The molecule has 0 aliphatic carbocycles. The SMILES string of the molecule is N.N.[NH3+]C(=S)SCCSC([NH3+])=S. The van der Waals surface area contributed by atoms with Crippen LogP contribution >= 0.6 is 48.0 Å². The van der Waals surface area contributed by atoms with E-state index in [0.29, 0.717) is 0 Å². The quantitative estimate of drug-likeness (QED) is 0.406. The molecule has 0 aromatic heterocycles. The van der Waals surface area contributed by atoms with Crippen LogP contribution in [0.15, 0.2) is 0 Å². The van der Waals surface area contributed by atoms with E-state index in [-0.39, 0.29) is 12.3 Å². The van der Waals surface area contributed by atoms with Crippen LogP contribution in [0.25, 0.3) is 0 Å². The molecule has 0 unspecified atom stereocenters. The second-order valence-corrected chi connectivity index (χ2v) is 5.32. The van der Waals surface area contributed by atoms with Gasteiger partial charge in [-0.05, 0) is 24.4 Å². The summed E-state index contributed by atoms with van der Waals surface area (Å²) in [5.74, 6) is 1.95. The van der Waals surface area contributed by atoms with Crippen molar-refractivity contribution >= 4 is 56.6 Å². The van der Waals surface area contributed by atoms with E-state index in [1.807, 2.05) is 0 Å². The van der Waals surface area contributed by atoms with Crippen LogP contribution in [0.1, 0.15) is 0 Å². The number of quaternary nitrogens is 2. The smallest absolute Gasteiger partial charge is 0.228 e. The highest BCUT2D eigenvalue weighted by atomic mass is 32.2. The zero-order chi connectivity index (χ0) is 7.98. The first-order chi connectivity index (χ1) is 4.63. The number of rotatable bonds is 3. The van der Waals surface area contributed by atoms with E-state index >= 15 is 0 Å². The summed E-state index contributed by atoms with van der Waals surface area (Å²) < 4.78 is 1.49. The van der Waals surface area contributed by atoms with Gasteiger partial charge in [0.05, 0.1) is 0 Å². The first-order valence-corrected chi connectivity index (χ1v) is 5.39. The van der Waals surface area contributed by atoms with Crippen LogP contribution in [0.5, 0.6) is 0 Å². The van der Waals surface area contributed by atoms with Crippen LogP contribution in [-0.2, 0) is 0 Å². The summed E-state index contributed by atoms with van der Waals surface area (Å²) >= 11 is 12.7. The average Bonchev–Trinajstić information content (AvgIpc) is 1.79. The van der Waals surface area contributed by atoms with Gasteiger partial charge in [0.2, 0.25) is 8.64 Å². The van der Waals surface area contributed by atoms with Crippen molar-refractivity contribution in [2.75, 3.05) is 11.5 Å². The number of hydrogen-bond donors (Lipinski definition) is 4. The molecule has 8 heteroatoms. The monoisotopic (exact) mass is 248 g/mol. The maximum Gasteiger partial charge on any atom is 0.228 e. The Balaban J connectivity index is -0.000000405. The molecule has 0 rings (SSSR count). The van der Waals surface area contributed by atoms with Crippen molar-refractivity contribution in [1.29, 1.82) is 0 Å². The van der Waals surface area contributed by atoms with Gasteiger partial charge in [-0.15, -0.1) is 0 Å². The van der Waals surface area contributed by atoms with E-state index in [1.54, 1.807) is 23.5 Å². The lowest BCUT2D eigenvalue weighted by molar-refractivity contribution is -0.200. The normalized spacial score (nSPS) is 7.83. The Labute approximate surface area is 91.7 Å². The van der Waals surface area contributed by atoms with E-state index < -0.39 is 0 Å². The van der Waals surface area contributed by atoms with Crippen LogP contribution in [0, 0.1) is 0 Å². The van der Waals surface area contributed by atoms with Gasteiger partial charge in [0.25, 0.3) is 0 Å². The van der Waals surface area contributed by atoms with E-state index in [9.17, 15) is 0 Å². The molecule has 0 spiro atoms. The van der Waals surface area contributed by atoms with Crippen molar-refractivity contribution in [2.45, 2.75) is 0 Å². The fraction of sp³-hybridized carbons (Fsp3) is 0.500. The zero-order valence-corrected chi connectivity index (χ0v) is 10.1. The van der Waals surface area contributed by atoms with Gasteiger partial charge in [0, 0.05) is 11.5 Å². The van der Waals surface area contributed by atoms with Gasteiger partial charge in [-0.25, -0.2) is 0 Å². The molecule has 0 saturated carbocycles. The van der Waals surface area contributed by atoms with Crippen molar-refractivity contribution in [2.24, 2.45) is 0 Å². The van der Waals surface area contributed by atoms with Crippen LogP contribution in [0.3, 0.4) is 0 Å². The molecular weight excluding hydrogens is 232 g/mol. The molecule has 0 amide bonds. The van der Waals surface area contributed by atoms with Gasteiger partial charge in [0.1, 0.15) is 0 Å². The van der Waals surface area contributed by atoms with Crippen molar-refractivity contribution in [3.63, 3.8) is 0 Å². The first-order valence-electron chi connectivity index (χ1n) is 2.60. The lowest BCUT2D eigenvalue weighted by Crippen LogP contribution is -2.54. The first kappa shape index (κ1) is 18.5. The third kappa shape index (κ3) is 17.0. The average molecular weight is 248 g/mol. The highest BCUT2D eigenvalue weighted by molar-refractivity contribution is 8.24.